The fraction of sp³-hybridized carbons (Fsp3) is 0.222. The smallest absolute Gasteiger partial charge is 0.0944 e. The summed E-state index contributed by atoms with van der Waals surface area (Å²) in [5.41, 5.74) is 8.69. The Morgan fingerprint density at radius 1 is 1.50 bits per heavy atom. The van der Waals surface area contributed by atoms with Gasteiger partial charge < -0.3 is 5.73 Å². The van der Waals surface area contributed by atoms with Gasteiger partial charge in [-0.15, -0.1) is 0 Å². The van der Waals surface area contributed by atoms with Crippen molar-refractivity contribution in [2.75, 3.05) is 5.73 Å². The molecule has 0 saturated heterocycles. The van der Waals surface area contributed by atoms with Gasteiger partial charge in [-0.05, 0) is 18.6 Å². The molecule has 3 N–H and O–H groups in total. The SMILES string of the molecule is CCc1[nH]nc2cccc(N)c12. The number of anilines is 1. The van der Waals surface area contributed by atoms with Gasteiger partial charge in [0.2, 0.25) is 0 Å². The van der Waals surface area contributed by atoms with Gasteiger partial charge in [0.1, 0.15) is 0 Å². The van der Waals surface area contributed by atoms with Gasteiger partial charge in [-0.25, -0.2) is 0 Å². The number of benzene rings is 1. The number of rotatable bonds is 1. The van der Waals surface area contributed by atoms with Crippen LogP contribution in [0.15, 0.2) is 18.2 Å². The Bertz CT molecular complexity index is 403. The van der Waals surface area contributed by atoms with Gasteiger partial charge in [0.05, 0.1) is 5.52 Å². The number of fused-ring (bicyclic) bond motifs is 1. The van der Waals surface area contributed by atoms with Crippen molar-refractivity contribution in [3.8, 4) is 0 Å². The third kappa shape index (κ3) is 0.863. The fourth-order valence-corrected chi connectivity index (χ4v) is 1.42. The van der Waals surface area contributed by atoms with E-state index in [-0.39, 0.29) is 0 Å². The van der Waals surface area contributed by atoms with Crippen LogP contribution in [0.4, 0.5) is 5.69 Å². The van der Waals surface area contributed by atoms with Crippen molar-refractivity contribution in [2.45, 2.75) is 13.3 Å². The second-order valence-electron chi connectivity index (χ2n) is 2.80. The summed E-state index contributed by atoms with van der Waals surface area (Å²) in [6, 6.07) is 5.77. The maximum absolute atomic E-state index is 5.82. The molecule has 12 heavy (non-hydrogen) atoms. The fourth-order valence-electron chi connectivity index (χ4n) is 1.42. The van der Waals surface area contributed by atoms with Crippen LogP contribution in [-0.2, 0) is 6.42 Å². The number of aromatic amines is 1. The molecule has 0 saturated carbocycles. The minimum Gasteiger partial charge on any atom is -0.398 e. The van der Waals surface area contributed by atoms with Crippen molar-refractivity contribution in [3.05, 3.63) is 23.9 Å². The third-order valence-electron chi connectivity index (χ3n) is 2.04. The molecular weight excluding hydrogens is 150 g/mol. The first kappa shape index (κ1) is 7.16. The van der Waals surface area contributed by atoms with E-state index < -0.39 is 0 Å². The second-order valence-corrected chi connectivity index (χ2v) is 2.80. The van der Waals surface area contributed by atoms with E-state index in [1.807, 2.05) is 18.2 Å². The number of H-pyrrole nitrogens is 1. The normalized spacial score (nSPS) is 10.8. The average Bonchev–Trinajstić information content (AvgIpc) is 2.49. The van der Waals surface area contributed by atoms with Crippen molar-refractivity contribution < 1.29 is 0 Å². The van der Waals surface area contributed by atoms with Crippen LogP contribution >= 0.6 is 0 Å². The largest absolute Gasteiger partial charge is 0.398 e. The molecule has 0 aliphatic carbocycles. The quantitative estimate of drug-likeness (QED) is 0.625. The molecule has 0 radical (unpaired) electrons. The number of nitrogens with one attached hydrogen (secondary N) is 1. The molecule has 0 aliphatic rings. The van der Waals surface area contributed by atoms with E-state index in [0.29, 0.717) is 0 Å². The summed E-state index contributed by atoms with van der Waals surface area (Å²) in [5, 5.41) is 8.19. The molecule has 2 rings (SSSR count). The van der Waals surface area contributed by atoms with E-state index in [9.17, 15) is 0 Å². The van der Waals surface area contributed by atoms with Crippen molar-refractivity contribution in [1.82, 2.24) is 10.2 Å². The molecule has 0 aliphatic heterocycles. The number of aromatic nitrogens is 2. The maximum Gasteiger partial charge on any atom is 0.0944 e. The summed E-state index contributed by atoms with van der Waals surface area (Å²) in [7, 11) is 0. The lowest BCUT2D eigenvalue weighted by atomic mass is 10.1. The summed E-state index contributed by atoms with van der Waals surface area (Å²) in [6.45, 7) is 2.08. The third-order valence-corrected chi connectivity index (χ3v) is 2.04. The molecule has 2 aromatic rings. The Morgan fingerprint density at radius 3 is 3.08 bits per heavy atom. The van der Waals surface area contributed by atoms with Crippen LogP contribution in [0.2, 0.25) is 0 Å². The highest BCUT2D eigenvalue weighted by molar-refractivity contribution is 5.92. The van der Waals surface area contributed by atoms with E-state index in [4.69, 9.17) is 5.73 Å². The first-order valence-electron chi connectivity index (χ1n) is 4.04. The van der Waals surface area contributed by atoms with Gasteiger partial charge in [-0.1, -0.05) is 13.0 Å². The number of hydrogen-bond acceptors (Lipinski definition) is 2. The van der Waals surface area contributed by atoms with Crippen LogP contribution in [0.25, 0.3) is 10.9 Å². The lowest BCUT2D eigenvalue weighted by Gasteiger charge is -1.96. The maximum atomic E-state index is 5.82. The van der Waals surface area contributed by atoms with Crippen LogP contribution in [0.5, 0.6) is 0 Å². The molecule has 0 atom stereocenters. The molecule has 0 bridgehead atoms. The molecular formula is C9H11N3. The van der Waals surface area contributed by atoms with Gasteiger partial charge in [0.25, 0.3) is 0 Å². The van der Waals surface area contributed by atoms with E-state index >= 15 is 0 Å². The molecule has 1 aromatic heterocycles. The number of aryl methyl sites for hydroxylation is 1. The molecule has 1 heterocycles. The highest BCUT2D eigenvalue weighted by atomic mass is 15.1. The van der Waals surface area contributed by atoms with Crippen molar-refractivity contribution >= 4 is 16.6 Å². The summed E-state index contributed by atoms with van der Waals surface area (Å²) in [5.74, 6) is 0. The van der Waals surface area contributed by atoms with Crippen LogP contribution in [0, 0.1) is 0 Å². The minimum atomic E-state index is 0.804. The standard InChI is InChI=1S/C9H11N3/c1-2-7-9-6(10)4-3-5-8(9)12-11-7/h3-5H,2,10H2,1H3,(H,11,12). The predicted molar refractivity (Wildman–Crippen MR) is 49.9 cm³/mol. The van der Waals surface area contributed by atoms with Gasteiger partial charge in [0, 0.05) is 16.8 Å². The first-order valence-corrected chi connectivity index (χ1v) is 4.04. The minimum absolute atomic E-state index is 0.804. The lowest BCUT2D eigenvalue weighted by Crippen LogP contribution is -1.87. The molecule has 0 amide bonds. The summed E-state index contributed by atoms with van der Waals surface area (Å²) in [6.07, 6.45) is 0.935. The van der Waals surface area contributed by atoms with Crippen molar-refractivity contribution in [2.24, 2.45) is 0 Å². The molecule has 3 heteroatoms. The zero-order valence-electron chi connectivity index (χ0n) is 6.96. The first-order chi connectivity index (χ1) is 5.83. The molecule has 0 unspecified atom stereocenters. The predicted octanol–water partition coefficient (Wildman–Crippen LogP) is 1.71. The highest BCUT2D eigenvalue weighted by Crippen LogP contribution is 2.22. The molecule has 1 aromatic carbocycles. The van der Waals surface area contributed by atoms with Gasteiger partial charge in [-0.2, -0.15) is 5.10 Å². The number of nitrogens with two attached hydrogens (primary N) is 1. The van der Waals surface area contributed by atoms with Gasteiger partial charge >= 0.3 is 0 Å². The second kappa shape index (κ2) is 2.52. The molecule has 62 valence electrons. The Balaban J connectivity index is 2.83. The number of nitrogen functional groups attached to an aromatic ring is 1. The highest BCUT2D eigenvalue weighted by Gasteiger charge is 2.04. The Labute approximate surface area is 70.6 Å². The van der Waals surface area contributed by atoms with Crippen LogP contribution < -0.4 is 5.73 Å². The Hall–Kier alpha value is -1.51. The molecule has 3 nitrogen and oxygen atoms in total. The van der Waals surface area contributed by atoms with E-state index in [2.05, 4.69) is 17.1 Å². The van der Waals surface area contributed by atoms with Crippen LogP contribution in [-0.4, -0.2) is 10.2 Å². The summed E-state index contributed by atoms with van der Waals surface area (Å²) >= 11 is 0. The van der Waals surface area contributed by atoms with Crippen LogP contribution in [0.1, 0.15) is 12.6 Å². The van der Waals surface area contributed by atoms with Gasteiger partial charge in [0.15, 0.2) is 0 Å². The Kier molecular flexibility index (Phi) is 1.50. The molecule has 0 fully saturated rings. The zero-order chi connectivity index (χ0) is 8.55. The van der Waals surface area contributed by atoms with E-state index in [1.54, 1.807) is 0 Å². The van der Waals surface area contributed by atoms with Crippen LogP contribution in [0.3, 0.4) is 0 Å². The van der Waals surface area contributed by atoms with Crippen molar-refractivity contribution in [3.63, 3.8) is 0 Å². The average molecular weight is 161 g/mol. The van der Waals surface area contributed by atoms with E-state index in [0.717, 1.165) is 28.7 Å². The topological polar surface area (TPSA) is 54.7 Å². The monoisotopic (exact) mass is 161 g/mol. The zero-order valence-corrected chi connectivity index (χ0v) is 6.96. The number of hydrogen-bond donors (Lipinski definition) is 2. The Morgan fingerprint density at radius 2 is 2.33 bits per heavy atom. The summed E-state index contributed by atoms with van der Waals surface area (Å²) < 4.78 is 0. The lowest BCUT2D eigenvalue weighted by molar-refractivity contribution is 0.988. The molecule has 0 spiro atoms. The summed E-state index contributed by atoms with van der Waals surface area (Å²) in [4.78, 5) is 0. The number of nitrogens with zero attached hydrogens (tertiary/aromatic N) is 1. The van der Waals surface area contributed by atoms with Crippen molar-refractivity contribution in [1.29, 1.82) is 0 Å². The van der Waals surface area contributed by atoms with E-state index in [1.165, 1.54) is 0 Å². The van der Waals surface area contributed by atoms with Gasteiger partial charge in [-0.3, -0.25) is 5.10 Å².